The van der Waals surface area contributed by atoms with Crippen molar-refractivity contribution in [2.24, 2.45) is 0 Å². The van der Waals surface area contributed by atoms with Crippen LogP contribution in [0.2, 0.25) is 25.7 Å². The molecule has 0 aliphatic rings. The molecule has 0 aliphatic heterocycles. The van der Waals surface area contributed by atoms with Gasteiger partial charge >= 0.3 is 6.16 Å². The molecule has 0 aromatic rings. The highest BCUT2D eigenvalue weighted by Crippen LogP contribution is 2.07. The first kappa shape index (κ1) is 12.2. The first-order valence-corrected chi connectivity index (χ1v) is 8.02. The number of rotatable bonds is 4. The lowest BCUT2D eigenvalue weighted by atomic mass is 10.5. The minimum atomic E-state index is -1.00. The SMILES string of the molecule is COC(=O)OC/C=C\C[Si](C)(C)C. The first-order chi connectivity index (χ1) is 5.95. The second-order valence-electron chi connectivity index (χ2n) is 4.00. The molecule has 76 valence electrons. The third-order valence-corrected chi connectivity index (χ3v) is 2.82. The van der Waals surface area contributed by atoms with Crippen LogP contribution in [0.5, 0.6) is 0 Å². The van der Waals surface area contributed by atoms with Gasteiger partial charge in [-0.05, 0) is 6.04 Å². The quantitative estimate of drug-likeness (QED) is 0.399. The molecule has 0 rings (SSSR count). The highest BCUT2D eigenvalue weighted by molar-refractivity contribution is 6.76. The lowest BCUT2D eigenvalue weighted by Crippen LogP contribution is -2.17. The highest BCUT2D eigenvalue weighted by Gasteiger charge is 2.09. The molecule has 0 aliphatic carbocycles. The molecule has 0 saturated heterocycles. The summed E-state index contributed by atoms with van der Waals surface area (Å²) in [4.78, 5) is 10.5. The van der Waals surface area contributed by atoms with Gasteiger partial charge in [0, 0.05) is 8.07 Å². The van der Waals surface area contributed by atoms with E-state index in [1.54, 1.807) is 0 Å². The minimum Gasteiger partial charge on any atom is -0.438 e. The minimum absolute atomic E-state index is 0.303. The van der Waals surface area contributed by atoms with Crippen LogP contribution in [0.1, 0.15) is 0 Å². The van der Waals surface area contributed by atoms with Crippen molar-refractivity contribution in [3.8, 4) is 0 Å². The van der Waals surface area contributed by atoms with E-state index in [0.717, 1.165) is 6.04 Å². The van der Waals surface area contributed by atoms with Gasteiger partial charge in [0.15, 0.2) is 0 Å². The van der Waals surface area contributed by atoms with Gasteiger partial charge in [-0.15, -0.1) is 0 Å². The van der Waals surface area contributed by atoms with E-state index in [1.165, 1.54) is 7.11 Å². The fourth-order valence-corrected chi connectivity index (χ4v) is 1.55. The van der Waals surface area contributed by atoms with Crippen LogP contribution in [0.25, 0.3) is 0 Å². The van der Waals surface area contributed by atoms with Gasteiger partial charge in [-0.1, -0.05) is 31.8 Å². The van der Waals surface area contributed by atoms with Crippen LogP contribution in [0.4, 0.5) is 4.79 Å². The molecule has 0 aromatic carbocycles. The van der Waals surface area contributed by atoms with Crippen molar-refractivity contribution in [3.63, 3.8) is 0 Å². The first-order valence-electron chi connectivity index (χ1n) is 4.31. The topological polar surface area (TPSA) is 35.5 Å². The molecule has 0 saturated carbocycles. The Morgan fingerprint density at radius 2 is 1.92 bits per heavy atom. The number of carbonyl (C=O) groups is 1. The van der Waals surface area contributed by atoms with Crippen molar-refractivity contribution >= 4 is 14.2 Å². The molecule has 0 amide bonds. The van der Waals surface area contributed by atoms with Gasteiger partial charge in [0.1, 0.15) is 6.61 Å². The Kier molecular flexibility index (Phi) is 5.46. The van der Waals surface area contributed by atoms with Gasteiger partial charge < -0.3 is 9.47 Å². The van der Waals surface area contributed by atoms with Crippen molar-refractivity contribution in [2.45, 2.75) is 25.7 Å². The lowest BCUT2D eigenvalue weighted by Gasteiger charge is -2.11. The van der Waals surface area contributed by atoms with Crippen molar-refractivity contribution in [1.29, 1.82) is 0 Å². The summed E-state index contributed by atoms with van der Waals surface area (Å²) in [6.07, 6.45) is 3.29. The van der Waals surface area contributed by atoms with Gasteiger partial charge in [0.05, 0.1) is 7.11 Å². The summed E-state index contributed by atoms with van der Waals surface area (Å²) in [5.41, 5.74) is 0. The van der Waals surface area contributed by atoms with Crippen molar-refractivity contribution in [1.82, 2.24) is 0 Å². The maximum absolute atomic E-state index is 10.5. The number of allylic oxidation sites excluding steroid dienone is 1. The normalized spacial score (nSPS) is 11.7. The van der Waals surface area contributed by atoms with E-state index >= 15 is 0 Å². The molecule has 0 heterocycles. The Morgan fingerprint density at radius 3 is 2.38 bits per heavy atom. The number of ether oxygens (including phenoxy) is 2. The Hall–Kier alpha value is -0.773. The summed E-state index contributed by atoms with van der Waals surface area (Å²) in [7, 11) is 0.298. The number of methoxy groups -OCH3 is 1. The van der Waals surface area contributed by atoms with E-state index in [-0.39, 0.29) is 0 Å². The van der Waals surface area contributed by atoms with Gasteiger partial charge in [-0.2, -0.15) is 0 Å². The summed E-state index contributed by atoms with van der Waals surface area (Å²) in [6.45, 7) is 7.17. The van der Waals surface area contributed by atoms with Crippen molar-refractivity contribution < 1.29 is 14.3 Å². The predicted octanol–water partition coefficient (Wildman–Crippen LogP) is 2.66. The van der Waals surface area contributed by atoms with Gasteiger partial charge in [0.2, 0.25) is 0 Å². The van der Waals surface area contributed by atoms with Gasteiger partial charge in [0.25, 0.3) is 0 Å². The molecule has 0 N–H and O–H groups in total. The molecular formula is C9H18O3Si. The smallest absolute Gasteiger partial charge is 0.438 e. The summed E-state index contributed by atoms with van der Waals surface area (Å²) < 4.78 is 8.98. The van der Waals surface area contributed by atoms with Crippen LogP contribution in [0.3, 0.4) is 0 Å². The van der Waals surface area contributed by atoms with E-state index in [4.69, 9.17) is 0 Å². The molecule has 13 heavy (non-hydrogen) atoms. The second kappa shape index (κ2) is 5.80. The highest BCUT2D eigenvalue weighted by atomic mass is 28.3. The Bertz CT molecular complexity index is 182. The van der Waals surface area contributed by atoms with E-state index in [2.05, 4.69) is 35.2 Å². The molecule has 0 atom stereocenters. The van der Waals surface area contributed by atoms with Gasteiger partial charge in [-0.25, -0.2) is 4.79 Å². The Balaban J connectivity index is 3.48. The molecule has 0 bridgehead atoms. The molecule has 3 nitrogen and oxygen atoms in total. The second-order valence-corrected chi connectivity index (χ2v) is 9.53. The number of hydrogen-bond acceptors (Lipinski definition) is 3. The van der Waals surface area contributed by atoms with Crippen molar-refractivity contribution in [3.05, 3.63) is 12.2 Å². The fourth-order valence-electron chi connectivity index (χ4n) is 0.680. The van der Waals surface area contributed by atoms with Crippen LogP contribution in [-0.4, -0.2) is 27.9 Å². The molecule has 0 radical (unpaired) electrons. The van der Waals surface area contributed by atoms with E-state index in [1.807, 2.05) is 6.08 Å². The fraction of sp³-hybridized carbons (Fsp3) is 0.667. The monoisotopic (exact) mass is 202 g/mol. The van der Waals surface area contributed by atoms with Crippen LogP contribution in [0, 0.1) is 0 Å². The maximum Gasteiger partial charge on any atom is 0.508 e. The molecule has 0 aromatic heterocycles. The largest absolute Gasteiger partial charge is 0.508 e. The zero-order valence-corrected chi connectivity index (χ0v) is 9.79. The maximum atomic E-state index is 10.5. The molecular weight excluding hydrogens is 184 g/mol. The van der Waals surface area contributed by atoms with Crippen LogP contribution in [0.15, 0.2) is 12.2 Å². The number of carbonyl (C=O) groups excluding carboxylic acids is 1. The van der Waals surface area contributed by atoms with Gasteiger partial charge in [-0.3, -0.25) is 0 Å². The van der Waals surface area contributed by atoms with E-state index in [9.17, 15) is 4.79 Å². The molecule has 4 heteroatoms. The summed E-state index contributed by atoms with van der Waals surface area (Å²) in [5, 5.41) is 0. The third kappa shape index (κ3) is 9.14. The molecule has 0 spiro atoms. The van der Waals surface area contributed by atoms with Crippen molar-refractivity contribution in [2.75, 3.05) is 13.7 Å². The number of hydrogen-bond donors (Lipinski definition) is 0. The summed E-state index contributed by atoms with van der Waals surface area (Å²) >= 11 is 0. The van der Waals surface area contributed by atoms with E-state index in [0.29, 0.717) is 6.61 Å². The molecule has 0 unspecified atom stereocenters. The van der Waals surface area contributed by atoms with E-state index < -0.39 is 14.2 Å². The Labute approximate surface area is 80.7 Å². The average Bonchev–Trinajstić information content (AvgIpc) is 2.01. The van der Waals surface area contributed by atoms with Crippen LogP contribution < -0.4 is 0 Å². The zero-order chi connectivity index (χ0) is 10.3. The Morgan fingerprint density at radius 1 is 1.31 bits per heavy atom. The molecule has 0 fully saturated rings. The lowest BCUT2D eigenvalue weighted by molar-refractivity contribution is 0.0818. The van der Waals surface area contributed by atoms with Crippen LogP contribution >= 0.6 is 0 Å². The zero-order valence-electron chi connectivity index (χ0n) is 8.79. The predicted molar refractivity (Wildman–Crippen MR) is 55.7 cm³/mol. The van der Waals surface area contributed by atoms with Crippen LogP contribution in [-0.2, 0) is 9.47 Å². The summed E-state index contributed by atoms with van der Waals surface area (Å²) in [5.74, 6) is 0. The third-order valence-electron chi connectivity index (χ3n) is 1.36. The average molecular weight is 202 g/mol. The standard InChI is InChI=1S/C9H18O3Si/c1-11-9(10)12-7-5-6-8-13(2,3)4/h5-6H,7-8H2,1-4H3/b6-5-. The summed E-state index contributed by atoms with van der Waals surface area (Å²) in [6, 6.07) is 1.11.